The van der Waals surface area contributed by atoms with Crippen molar-refractivity contribution in [2.45, 2.75) is 37.8 Å². The molecule has 1 saturated carbocycles. The molecule has 0 radical (unpaired) electrons. The molecule has 4 rings (SSSR count). The normalized spacial score (nSPS) is 18.3. The number of non-ortho nitro benzene ring substituents is 1. The second-order valence-electron chi connectivity index (χ2n) is 8.42. The maximum absolute atomic E-state index is 14.4. The summed E-state index contributed by atoms with van der Waals surface area (Å²) in [5.74, 6) is -1.26. The Morgan fingerprint density at radius 2 is 1.72 bits per heavy atom. The van der Waals surface area contributed by atoms with Crippen molar-refractivity contribution < 1.29 is 32.0 Å². The molecule has 1 aliphatic heterocycles. The van der Waals surface area contributed by atoms with E-state index in [1.807, 2.05) is 0 Å². The van der Waals surface area contributed by atoms with Crippen LogP contribution in [0.15, 0.2) is 42.5 Å². The lowest BCUT2D eigenvalue weighted by Gasteiger charge is -2.52. The molecule has 1 saturated heterocycles. The van der Waals surface area contributed by atoms with Crippen LogP contribution in [-0.4, -0.2) is 29.0 Å². The standard InChI is InChI=1S/C22H20F4N2O4/c23-19-17(2-1-3-18(19)22(24,25)26)14-12-21(13-14)8-10-27(11-9-21)20(29)32-16-6-4-15(5-7-16)28(30)31/h1-7,14H,8-13H2. The quantitative estimate of drug-likeness (QED) is 0.330. The van der Waals surface area contributed by atoms with E-state index in [0.29, 0.717) is 38.8 Å². The molecular weight excluding hydrogens is 432 g/mol. The summed E-state index contributed by atoms with van der Waals surface area (Å²) >= 11 is 0. The Hall–Kier alpha value is -3.17. The van der Waals surface area contributed by atoms with Gasteiger partial charge in [-0.05, 0) is 60.8 Å². The van der Waals surface area contributed by atoms with Crippen LogP contribution in [0.25, 0.3) is 0 Å². The molecule has 2 fully saturated rings. The van der Waals surface area contributed by atoms with Crippen molar-refractivity contribution in [3.63, 3.8) is 0 Å². The number of likely N-dealkylation sites (tertiary alicyclic amines) is 1. The summed E-state index contributed by atoms with van der Waals surface area (Å²) in [7, 11) is 0. The molecule has 6 nitrogen and oxygen atoms in total. The number of hydrogen-bond donors (Lipinski definition) is 0. The smallest absolute Gasteiger partial charge is 0.410 e. The largest absolute Gasteiger partial charge is 0.419 e. The Morgan fingerprint density at radius 3 is 2.28 bits per heavy atom. The van der Waals surface area contributed by atoms with E-state index in [2.05, 4.69) is 0 Å². The average molecular weight is 452 g/mol. The minimum absolute atomic E-state index is 0.102. The lowest BCUT2D eigenvalue weighted by Crippen LogP contribution is -2.48. The average Bonchev–Trinajstić information content (AvgIpc) is 2.72. The number of amides is 1. The summed E-state index contributed by atoms with van der Waals surface area (Å²) in [6, 6.07) is 8.60. The first-order valence-corrected chi connectivity index (χ1v) is 10.1. The number of ether oxygens (including phenoxy) is 1. The first-order valence-electron chi connectivity index (χ1n) is 10.1. The Labute approximate surface area is 180 Å². The molecule has 2 aromatic carbocycles. The van der Waals surface area contributed by atoms with Crippen molar-refractivity contribution in [1.82, 2.24) is 4.90 Å². The van der Waals surface area contributed by atoms with E-state index in [1.54, 1.807) is 0 Å². The van der Waals surface area contributed by atoms with Gasteiger partial charge in [0.25, 0.3) is 5.69 Å². The van der Waals surface area contributed by atoms with Gasteiger partial charge in [-0.25, -0.2) is 9.18 Å². The van der Waals surface area contributed by atoms with Gasteiger partial charge >= 0.3 is 12.3 Å². The number of benzene rings is 2. The van der Waals surface area contributed by atoms with E-state index >= 15 is 0 Å². The number of nitro groups is 1. The van der Waals surface area contributed by atoms with Crippen LogP contribution in [0.1, 0.15) is 42.7 Å². The fourth-order valence-electron chi connectivity index (χ4n) is 4.66. The van der Waals surface area contributed by atoms with Gasteiger partial charge in [0.1, 0.15) is 11.6 Å². The van der Waals surface area contributed by atoms with Crippen LogP contribution in [-0.2, 0) is 6.18 Å². The maximum Gasteiger partial charge on any atom is 0.419 e. The zero-order valence-corrected chi connectivity index (χ0v) is 16.9. The van der Waals surface area contributed by atoms with Gasteiger partial charge in [0.05, 0.1) is 10.5 Å². The monoisotopic (exact) mass is 452 g/mol. The fraction of sp³-hybridized carbons (Fsp3) is 0.409. The predicted molar refractivity (Wildman–Crippen MR) is 106 cm³/mol. The first-order chi connectivity index (χ1) is 15.1. The zero-order valence-electron chi connectivity index (χ0n) is 16.9. The number of hydrogen-bond acceptors (Lipinski definition) is 4. The lowest BCUT2D eigenvalue weighted by molar-refractivity contribution is -0.384. The van der Waals surface area contributed by atoms with Gasteiger partial charge in [0, 0.05) is 25.2 Å². The van der Waals surface area contributed by atoms with Crippen molar-refractivity contribution in [2.24, 2.45) is 5.41 Å². The molecule has 2 aliphatic rings. The van der Waals surface area contributed by atoms with Crippen LogP contribution in [0.4, 0.5) is 28.0 Å². The highest BCUT2D eigenvalue weighted by Gasteiger charge is 2.48. The minimum Gasteiger partial charge on any atom is -0.410 e. The van der Waals surface area contributed by atoms with Crippen LogP contribution < -0.4 is 4.74 Å². The van der Waals surface area contributed by atoms with E-state index in [1.165, 1.54) is 41.3 Å². The number of alkyl halides is 3. The third-order valence-corrected chi connectivity index (χ3v) is 6.47. The third-order valence-electron chi connectivity index (χ3n) is 6.47. The van der Waals surface area contributed by atoms with Crippen LogP contribution in [0.5, 0.6) is 5.75 Å². The maximum atomic E-state index is 14.4. The van der Waals surface area contributed by atoms with E-state index in [-0.39, 0.29) is 28.3 Å². The topological polar surface area (TPSA) is 72.7 Å². The Bertz CT molecular complexity index is 1020. The highest BCUT2D eigenvalue weighted by atomic mass is 19.4. The van der Waals surface area contributed by atoms with Crippen molar-refractivity contribution in [3.05, 3.63) is 69.5 Å². The zero-order chi connectivity index (χ0) is 23.1. The van der Waals surface area contributed by atoms with E-state index in [0.717, 1.165) is 6.07 Å². The van der Waals surface area contributed by atoms with Crippen molar-refractivity contribution in [1.29, 1.82) is 0 Å². The van der Waals surface area contributed by atoms with Crippen LogP contribution >= 0.6 is 0 Å². The van der Waals surface area contributed by atoms with Gasteiger partial charge in [-0.1, -0.05) is 12.1 Å². The molecule has 0 aromatic heterocycles. The van der Waals surface area contributed by atoms with E-state index < -0.39 is 28.6 Å². The molecule has 32 heavy (non-hydrogen) atoms. The summed E-state index contributed by atoms with van der Waals surface area (Å²) < 4.78 is 58.6. The Balaban J connectivity index is 1.32. The Kier molecular flexibility index (Phi) is 5.56. The molecule has 0 N–H and O–H groups in total. The van der Waals surface area contributed by atoms with Crippen molar-refractivity contribution >= 4 is 11.8 Å². The lowest BCUT2D eigenvalue weighted by atomic mass is 9.56. The number of piperidine rings is 1. The highest BCUT2D eigenvalue weighted by Crippen LogP contribution is 2.57. The van der Waals surface area contributed by atoms with Gasteiger partial charge in [-0.15, -0.1) is 0 Å². The number of rotatable bonds is 3. The van der Waals surface area contributed by atoms with Gasteiger partial charge in [0.2, 0.25) is 0 Å². The first kappa shape index (κ1) is 22.0. The predicted octanol–water partition coefficient (Wildman–Crippen LogP) is 5.91. The van der Waals surface area contributed by atoms with E-state index in [9.17, 15) is 32.5 Å². The summed E-state index contributed by atoms with van der Waals surface area (Å²) in [6.07, 6.45) is -2.82. The van der Waals surface area contributed by atoms with Crippen LogP contribution in [0.2, 0.25) is 0 Å². The molecule has 1 aliphatic carbocycles. The SMILES string of the molecule is O=C(Oc1ccc([N+](=O)[O-])cc1)N1CCC2(CC1)CC(c1cccc(C(F)(F)F)c1F)C2. The van der Waals surface area contributed by atoms with Crippen LogP contribution in [0.3, 0.4) is 0 Å². The molecule has 0 bridgehead atoms. The second-order valence-corrected chi connectivity index (χ2v) is 8.42. The van der Waals surface area contributed by atoms with Gasteiger partial charge in [-0.2, -0.15) is 13.2 Å². The summed E-state index contributed by atoms with van der Waals surface area (Å²) in [6.45, 7) is 0.840. The number of nitrogens with zero attached hydrogens (tertiary/aromatic N) is 2. The Morgan fingerprint density at radius 1 is 1.09 bits per heavy atom. The molecule has 1 heterocycles. The summed E-state index contributed by atoms with van der Waals surface area (Å²) in [4.78, 5) is 24.1. The van der Waals surface area contributed by atoms with Gasteiger partial charge in [0.15, 0.2) is 0 Å². The molecule has 2 aromatic rings. The number of carbonyl (C=O) groups is 1. The van der Waals surface area contributed by atoms with E-state index in [4.69, 9.17) is 4.74 Å². The molecule has 1 spiro atoms. The summed E-state index contributed by atoms with van der Waals surface area (Å²) in [5.41, 5.74) is -1.36. The fourth-order valence-corrected chi connectivity index (χ4v) is 4.66. The molecule has 0 unspecified atom stereocenters. The molecule has 170 valence electrons. The van der Waals surface area contributed by atoms with Gasteiger partial charge < -0.3 is 9.64 Å². The molecule has 1 amide bonds. The highest BCUT2D eigenvalue weighted by molar-refractivity contribution is 5.71. The molecule has 10 heteroatoms. The number of nitro benzene ring substituents is 1. The second kappa shape index (κ2) is 8.07. The van der Waals surface area contributed by atoms with Gasteiger partial charge in [-0.3, -0.25) is 10.1 Å². The number of halogens is 4. The minimum atomic E-state index is -4.73. The molecular formula is C22H20F4N2O4. The van der Waals surface area contributed by atoms with Crippen molar-refractivity contribution in [2.75, 3.05) is 13.1 Å². The van der Waals surface area contributed by atoms with Crippen LogP contribution in [0, 0.1) is 21.3 Å². The summed E-state index contributed by atoms with van der Waals surface area (Å²) in [5, 5.41) is 10.7. The molecule has 0 atom stereocenters. The number of carbonyl (C=O) groups excluding carboxylic acids is 1. The third kappa shape index (κ3) is 4.26. The van der Waals surface area contributed by atoms with Crippen molar-refractivity contribution in [3.8, 4) is 5.75 Å².